The van der Waals surface area contributed by atoms with Crippen LogP contribution in [-0.4, -0.2) is 26.3 Å². The second kappa shape index (κ2) is 6.84. The topological polar surface area (TPSA) is 38.5 Å². The lowest BCUT2D eigenvalue weighted by atomic mass is 10.1. The molecule has 4 heteroatoms. The van der Waals surface area contributed by atoms with Crippen LogP contribution >= 0.6 is 11.6 Å². The first-order valence-electron chi connectivity index (χ1n) is 5.88. The summed E-state index contributed by atoms with van der Waals surface area (Å²) < 4.78 is 5.21. The van der Waals surface area contributed by atoms with Gasteiger partial charge in [0.05, 0.1) is 6.61 Å². The highest BCUT2D eigenvalue weighted by atomic mass is 35.5. The number of likely N-dealkylation sites (N-methyl/N-ethyl adjacent to an activating group) is 1. The highest BCUT2D eigenvalue weighted by Gasteiger charge is 2.15. The molecule has 0 fully saturated rings. The molecule has 3 nitrogen and oxygen atoms in total. The highest BCUT2D eigenvalue weighted by molar-refractivity contribution is 6.30. The Balaban J connectivity index is 3.05. The van der Waals surface area contributed by atoms with Crippen molar-refractivity contribution in [3.63, 3.8) is 0 Å². The third kappa shape index (κ3) is 3.60. The van der Waals surface area contributed by atoms with Gasteiger partial charge in [-0.1, -0.05) is 17.7 Å². The lowest BCUT2D eigenvalue weighted by Gasteiger charge is -2.31. The molecular weight excluding hydrogens is 236 g/mol. The maximum atomic E-state index is 6.06. The Bertz CT molecular complexity index is 357. The molecule has 1 atom stereocenters. The van der Waals surface area contributed by atoms with Crippen molar-refractivity contribution in [3.8, 4) is 0 Å². The molecule has 0 aromatic heterocycles. The van der Waals surface area contributed by atoms with Gasteiger partial charge in [0.1, 0.15) is 0 Å². The van der Waals surface area contributed by atoms with E-state index in [2.05, 4.69) is 18.7 Å². The second-order valence-electron chi connectivity index (χ2n) is 4.07. The average Bonchev–Trinajstić information content (AvgIpc) is 2.31. The Morgan fingerprint density at radius 2 is 2.18 bits per heavy atom. The Morgan fingerprint density at radius 3 is 2.71 bits per heavy atom. The van der Waals surface area contributed by atoms with Crippen molar-refractivity contribution in [1.29, 1.82) is 0 Å². The van der Waals surface area contributed by atoms with E-state index in [1.807, 2.05) is 18.2 Å². The van der Waals surface area contributed by atoms with Crippen LogP contribution in [0.4, 0.5) is 5.69 Å². The smallest absolute Gasteiger partial charge is 0.0663 e. The fourth-order valence-electron chi connectivity index (χ4n) is 2.03. The number of ether oxygens (including phenoxy) is 1. The third-order valence-corrected chi connectivity index (χ3v) is 3.09. The summed E-state index contributed by atoms with van der Waals surface area (Å²) in [7, 11) is 1.71. The predicted octanol–water partition coefficient (Wildman–Crippen LogP) is 2.66. The summed E-state index contributed by atoms with van der Waals surface area (Å²) in [6.45, 7) is 6.35. The number of hydrogen-bond acceptors (Lipinski definition) is 3. The van der Waals surface area contributed by atoms with E-state index in [0.717, 1.165) is 22.8 Å². The molecule has 0 amide bonds. The lowest BCUT2D eigenvalue weighted by molar-refractivity contribution is 0.182. The number of nitrogens with two attached hydrogens (primary N) is 1. The van der Waals surface area contributed by atoms with Gasteiger partial charge in [0.25, 0.3) is 0 Å². The lowest BCUT2D eigenvalue weighted by Crippen LogP contribution is -2.37. The Kier molecular flexibility index (Phi) is 5.75. The number of anilines is 1. The summed E-state index contributed by atoms with van der Waals surface area (Å²) in [5, 5.41) is 0.736. The standard InChI is InChI=1S/C13H21ClN2O/c1-4-16(10(2)9-17-3)13-7-12(14)6-5-11(13)8-15/h5-7,10H,4,8-9,15H2,1-3H3. The Morgan fingerprint density at radius 1 is 1.47 bits per heavy atom. The van der Waals surface area contributed by atoms with E-state index in [0.29, 0.717) is 19.2 Å². The fraction of sp³-hybridized carbons (Fsp3) is 0.538. The molecule has 0 spiro atoms. The van der Waals surface area contributed by atoms with Crippen LogP contribution in [0.25, 0.3) is 0 Å². The highest BCUT2D eigenvalue weighted by Crippen LogP contribution is 2.26. The van der Waals surface area contributed by atoms with Gasteiger partial charge in [-0.3, -0.25) is 0 Å². The van der Waals surface area contributed by atoms with Gasteiger partial charge >= 0.3 is 0 Å². The minimum Gasteiger partial charge on any atom is -0.383 e. The SMILES string of the molecule is CCN(c1cc(Cl)ccc1CN)C(C)COC. The van der Waals surface area contributed by atoms with Crippen molar-refractivity contribution in [2.75, 3.05) is 25.2 Å². The van der Waals surface area contributed by atoms with Crippen LogP contribution in [0, 0.1) is 0 Å². The first-order valence-corrected chi connectivity index (χ1v) is 6.25. The molecule has 17 heavy (non-hydrogen) atoms. The van der Waals surface area contributed by atoms with Gasteiger partial charge in [-0.05, 0) is 31.5 Å². The molecule has 0 heterocycles. The number of benzene rings is 1. The summed E-state index contributed by atoms with van der Waals surface area (Å²) >= 11 is 6.06. The zero-order chi connectivity index (χ0) is 12.8. The van der Waals surface area contributed by atoms with Crippen LogP contribution in [0.15, 0.2) is 18.2 Å². The molecule has 0 aliphatic heterocycles. The van der Waals surface area contributed by atoms with Crippen LogP contribution in [0.1, 0.15) is 19.4 Å². The molecule has 0 radical (unpaired) electrons. The maximum Gasteiger partial charge on any atom is 0.0663 e. The van der Waals surface area contributed by atoms with Crippen LogP contribution < -0.4 is 10.6 Å². The minimum absolute atomic E-state index is 0.300. The normalized spacial score (nSPS) is 12.5. The average molecular weight is 257 g/mol. The van der Waals surface area contributed by atoms with Gasteiger partial charge in [0.2, 0.25) is 0 Å². The molecule has 96 valence electrons. The first kappa shape index (κ1) is 14.3. The van der Waals surface area contributed by atoms with Gasteiger partial charge in [-0.15, -0.1) is 0 Å². The van der Waals surface area contributed by atoms with E-state index in [1.54, 1.807) is 7.11 Å². The predicted molar refractivity (Wildman–Crippen MR) is 73.7 cm³/mol. The number of nitrogens with zero attached hydrogens (tertiary/aromatic N) is 1. The van der Waals surface area contributed by atoms with Gasteiger partial charge < -0.3 is 15.4 Å². The Labute approximate surface area is 109 Å². The number of halogens is 1. The van der Waals surface area contributed by atoms with Crippen molar-refractivity contribution in [3.05, 3.63) is 28.8 Å². The first-order chi connectivity index (χ1) is 8.13. The fourth-order valence-corrected chi connectivity index (χ4v) is 2.19. The van der Waals surface area contributed by atoms with Crippen LogP contribution in [0.2, 0.25) is 5.02 Å². The molecule has 0 aliphatic carbocycles. The summed E-state index contributed by atoms with van der Waals surface area (Å²) in [6, 6.07) is 6.13. The monoisotopic (exact) mass is 256 g/mol. The summed E-state index contributed by atoms with van der Waals surface area (Å²) in [6.07, 6.45) is 0. The molecule has 1 rings (SSSR count). The molecule has 0 saturated carbocycles. The molecule has 0 bridgehead atoms. The molecule has 1 unspecified atom stereocenters. The van der Waals surface area contributed by atoms with E-state index in [4.69, 9.17) is 22.1 Å². The summed E-state index contributed by atoms with van der Waals surface area (Å²) in [5.74, 6) is 0. The van der Waals surface area contributed by atoms with Crippen LogP contribution in [0.3, 0.4) is 0 Å². The minimum atomic E-state index is 0.300. The molecule has 2 N–H and O–H groups in total. The quantitative estimate of drug-likeness (QED) is 0.851. The Hall–Kier alpha value is -0.770. The van der Waals surface area contributed by atoms with E-state index in [1.165, 1.54) is 0 Å². The van der Waals surface area contributed by atoms with Gasteiger partial charge in [0.15, 0.2) is 0 Å². The van der Waals surface area contributed by atoms with E-state index >= 15 is 0 Å². The third-order valence-electron chi connectivity index (χ3n) is 2.86. The van der Waals surface area contributed by atoms with E-state index < -0.39 is 0 Å². The van der Waals surface area contributed by atoms with E-state index in [9.17, 15) is 0 Å². The van der Waals surface area contributed by atoms with Crippen molar-refractivity contribution in [2.45, 2.75) is 26.4 Å². The van der Waals surface area contributed by atoms with Crippen LogP contribution in [-0.2, 0) is 11.3 Å². The zero-order valence-electron chi connectivity index (χ0n) is 10.7. The van der Waals surface area contributed by atoms with Gasteiger partial charge in [0, 0.05) is 37.0 Å². The molecule has 1 aromatic rings. The number of methoxy groups -OCH3 is 1. The van der Waals surface area contributed by atoms with E-state index in [-0.39, 0.29) is 0 Å². The van der Waals surface area contributed by atoms with Gasteiger partial charge in [-0.2, -0.15) is 0 Å². The summed E-state index contributed by atoms with van der Waals surface area (Å²) in [5.41, 5.74) is 7.98. The largest absolute Gasteiger partial charge is 0.383 e. The number of rotatable bonds is 6. The van der Waals surface area contributed by atoms with Crippen molar-refractivity contribution >= 4 is 17.3 Å². The van der Waals surface area contributed by atoms with Crippen LogP contribution in [0.5, 0.6) is 0 Å². The van der Waals surface area contributed by atoms with Gasteiger partial charge in [-0.25, -0.2) is 0 Å². The summed E-state index contributed by atoms with van der Waals surface area (Å²) in [4.78, 5) is 2.26. The van der Waals surface area contributed by atoms with Crippen molar-refractivity contribution < 1.29 is 4.74 Å². The molecule has 1 aromatic carbocycles. The van der Waals surface area contributed by atoms with Crippen molar-refractivity contribution in [2.24, 2.45) is 5.73 Å². The number of hydrogen-bond donors (Lipinski definition) is 1. The molecular formula is C13H21ClN2O. The zero-order valence-corrected chi connectivity index (χ0v) is 11.5. The maximum absolute atomic E-state index is 6.06. The van der Waals surface area contributed by atoms with Crippen molar-refractivity contribution in [1.82, 2.24) is 0 Å². The molecule has 0 aliphatic rings. The second-order valence-corrected chi connectivity index (χ2v) is 4.50. The molecule has 0 saturated heterocycles.